The van der Waals surface area contributed by atoms with Gasteiger partial charge in [0, 0.05) is 18.0 Å². The lowest BCUT2D eigenvalue weighted by Crippen LogP contribution is -2.02. The van der Waals surface area contributed by atoms with Gasteiger partial charge in [-0.25, -0.2) is 4.98 Å². The molecule has 2 rings (SSSR count). The first kappa shape index (κ1) is 13.1. The van der Waals surface area contributed by atoms with Gasteiger partial charge in [0.1, 0.15) is 5.75 Å². The maximum Gasteiger partial charge on any atom is 0.119 e. The largest absolute Gasteiger partial charge is 0.494 e. The van der Waals surface area contributed by atoms with E-state index in [1.165, 1.54) is 0 Å². The Balaban J connectivity index is 1.96. The van der Waals surface area contributed by atoms with Gasteiger partial charge in [-0.2, -0.15) is 0 Å². The smallest absolute Gasteiger partial charge is 0.119 e. The molecule has 18 heavy (non-hydrogen) atoms. The fraction of sp³-hybridized carbons (Fsp3) is 0.357. The lowest BCUT2D eigenvalue weighted by molar-refractivity contribution is 0.178. The van der Waals surface area contributed by atoms with Crippen molar-refractivity contribution in [2.24, 2.45) is 0 Å². The molecule has 0 fully saturated rings. The summed E-state index contributed by atoms with van der Waals surface area (Å²) in [6, 6.07) is 7.61. The lowest BCUT2D eigenvalue weighted by atomic mass is 10.1. The number of rotatable bonds is 6. The number of aliphatic hydroxyl groups is 1. The summed E-state index contributed by atoms with van der Waals surface area (Å²) < 4.78 is 5.50. The number of hydrogen-bond donors (Lipinski definition) is 1. The van der Waals surface area contributed by atoms with Crippen molar-refractivity contribution in [2.45, 2.75) is 25.9 Å². The quantitative estimate of drug-likeness (QED) is 0.870. The molecule has 1 aromatic heterocycles. The Morgan fingerprint density at radius 2 is 2.11 bits per heavy atom. The van der Waals surface area contributed by atoms with Crippen LogP contribution in [0.15, 0.2) is 35.8 Å². The van der Waals surface area contributed by atoms with E-state index in [4.69, 9.17) is 4.74 Å². The number of hydrogen-bond acceptors (Lipinski definition) is 4. The van der Waals surface area contributed by atoms with Crippen molar-refractivity contribution in [3.05, 3.63) is 46.4 Å². The van der Waals surface area contributed by atoms with Gasteiger partial charge >= 0.3 is 0 Å². The van der Waals surface area contributed by atoms with Crippen LogP contribution in [0.3, 0.4) is 0 Å². The van der Waals surface area contributed by atoms with E-state index >= 15 is 0 Å². The molecule has 2 aromatic rings. The second-order valence-corrected chi connectivity index (χ2v) is 5.04. The Bertz CT molecular complexity index is 453. The molecule has 96 valence electrons. The van der Waals surface area contributed by atoms with Crippen LogP contribution < -0.4 is 4.74 Å². The maximum absolute atomic E-state index is 10.1. The minimum atomic E-state index is -0.503. The standard InChI is InChI=1S/C14H17NO2S/c1-2-8-17-12-5-3-11(4-6-12)13(16)10-14-15-7-9-18-14/h3-7,9,13,16H,2,8,10H2,1H3. The van der Waals surface area contributed by atoms with Crippen molar-refractivity contribution in [2.75, 3.05) is 6.61 Å². The van der Waals surface area contributed by atoms with Crippen LogP contribution in [0.25, 0.3) is 0 Å². The Hall–Kier alpha value is -1.39. The van der Waals surface area contributed by atoms with E-state index in [0.717, 1.165) is 29.3 Å². The highest BCUT2D eigenvalue weighted by Crippen LogP contribution is 2.22. The third kappa shape index (κ3) is 3.55. The molecule has 4 heteroatoms. The van der Waals surface area contributed by atoms with E-state index in [2.05, 4.69) is 11.9 Å². The summed E-state index contributed by atoms with van der Waals surface area (Å²) >= 11 is 1.56. The van der Waals surface area contributed by atoms with Crippen LogP contribution in [0.2, 0.25) is 0 Å². The molecule has 1 heterocycles. The summed E-state index contributed by atoms with van der Waals surface area (Å²) in [5.41, 5.74) is 0.897. The predicted octanol–water partition coefficient (Wildman–Crippen LogP) is 3.21. The zero-order valence-corrected chi connectivity index (χ0v) is 11.2. The molecule has 0 aliphatic heterocycles. The summed E-state index contributed by atoms with van der Waals surface area (Å²) in [5, 5.41) is 13.0. The van der Waals surface area contributed by atoms with Gasteiger partial charge in [0.05, 0.1) is 17.7 Å². The van der Waals surface area contributed by atoms with Crippen molar-refractivity contribution in [1.82, 2.24) is 4.98 Å². The summed E-state index contributed by atoms with van der Waals surface area (Å²) in [5.74, 6) is 0.849. The Kier molecular flexibility index (Phi) is 4.73. The van der Waals surface area contributed by atoms with Gasteiger partial charge < -0.3 is 9.84 Å². The van der Waals surface area contributed by atoms with Crippen molar-refractivity contribution >= 4 is 11.3 Å². The van der Waals surface area contributed by atoms with E-state index in [1.54, 1.807) is 17.5 Å². The Morgan fingerprint density at radius 1 is 1.33 bits per heavy atom. The van der Waals surface area contributed by atoms with Gasteiger partial charge in [-0.1, -0.05) is 19.1 Å². The summed E-state index contributed by atoms with van der Waals surface area (Å²) in [7, 11) is 0. The van der Waals surface area contributed by atoms with E-state index in [1.807, 2.05) is 29.6 Å². The lowest BCUT2D eigenvalue weighted by Gasteiger charge is -2.10. The number of thiazole rings is 1. The topological polar surface area (TPSA) is 42.4 Å². The van der Waals surface area contributed by atoms with Crippen LogP contribution in [-0.2, 0) is 6.42 Å². The second-order valence-electron chi connectivity index (χ2n) is 4.06. The molecule has 1 aromatic carbocycles. The van der Waals surface area contributed by atoms with E-state index in [0.29, 0.717) is 6.42 Å². The van der Waals surface area contributed by atoms with Crippen molar-refractivity contribution in [3.8, 4) is 5.75 Å². The van der Waals surface area contributed by atoms with Crippen LogP contribution >= 0.6 is 11.3 Å². The van der Waals surface area contributed by atoms with Crippen LogP contribution in [0.4, 0.5) is 0 Å². The number of aromatic nitrogens is 1. The molecule has 0 radical (unpaired) electrons. The molecule has 0 saturated heterocycles. The fourth-order valence-electron chi connectivity index (χ4n) is 1.64. The molecule has 1 unspecified atom stereocenters. The first-order valence-electron chi connectivity index (χ1n) is 6.08. The number of benzene rings is 1. The molecular formula is C14H17NO2S. The first-order valence-corrected chi connectivity index (χ1v) is 6.96. The zero-order chi connectivity index (χ0) is 12.8. The second kappa shape index (κ2) is 6.52. The molecular weight excluding hydrogens is 246 g/mol. The van der Waals surface area contributed by atoms with Crippen molar-refractivity contribution in [3.63, 3.8) is 0 Å². The number of nitrogens with zero attached hydrogens (tertiary/aromatic N) is 1. The molecule has 0 amide bonds. The average molecular weight is 263 g/mol. The van der Waals surface area contributed by atoms with E-state index in [9.17, 15) is 5.11 Å². The third-order valence-corrected chi connectivity index (χ3v) is 3.39. The highest BCUT2D eigenvalue weighted by Gasteiger charge is 2.10. The van der Waals surface area contributed by atoms with Gasteiger partial charge in [-0.3, -0.25) is 0 Å². The van der Waals surface area contributed by atoms with Gasteiger partial charge in [0.15, 0.2) is 0 Å². The molecule has 1 N–H and O–H groups in total. The summed E-state index contributed by atoms with van der Waals surface area (Å²) in [6.45, 7) is 2.80. The highest BCUT2D eigenvalue weighted by molar-refractivity contribution is 7.09. The molecule has 0 aliphatic rings. The normalized spacial score (nSPS) is 12.3. The number of ether oxygens (including phenoxy) is 1. The van der Waals surface area contributed by atoms with Crippen LogP contribution in [0.5, 0.6) is 5.75 Å². The van der Waals surface area contributed by atoms with Gasteiger partial charge in [-0.05, 0) is 24.1 Å². The monoisotopic (exact) mass is 263 g/mol. The van der Waals surface area contributed by atoms with Crippen molar-refractivity contribution in [1.29, 1.82) is 0 Å². The van der Waals surface area contributed by atoms with Gasteiger partial charge in [-0.15, -0.1) is 11.3 Å². The van der Waals surface area contributed by atoms with Gasteiger partial charge in [0.25, 0.3) is 0 Å². The molecule has 3 nitrogen and oxygen atoms in total. The summed E-state index contributed by atoms with van der Waals surface area (Å²) in [4.78, 5) is 4.17. The molecule has 1 atom stereocenters. The first-order chi connectivity index (χ1) is 8.79. The third-order valence-electron chi connectivity index (χ3n) is 2.59. The Labute approximate surface area is 111 Å². The average Bonchev–Trinajstić information content (AvgIpc) is 2.89. The zero-order valence-electron chi connectivity index (χ0n) is 10.4. The van der Waals surface area contributed by atoms with Crippen LogP contribution in [-0.4, -0.2) is 16.7 Å². The molecule has 0 aliphatic carbocycles. The minimum absolute atomic E-state index is 0.503. The van der Waals surface area contributed by atoms with Crippen molar-refractivity contribution < 1.29 is 9.84 Å². The van der Waals surface area contributed by atoms with Crippen LogP contribution in [0, 0.1) is 0 Å². The van der Waals surface area contributed by atoms with E-state index in [-0.39, 0.29) is 0 Å². The predicted molar refractivity (Wildman–Crippen MR) is 73.0 cm³/mol. The Morgan fingerprint density at radius 3 is 2.72 bits per heavy atom. The van der Waals surface area contributed by atoms with Crippen LogP contribution in [0.1, 0.15) is 30.0 Å². The SMILES string of the molecule is CCCOc1ccc(C(O)Cc2nccs2)cc1. The molecule has 0 bridgehead atoms. The highest BCUT2D eigenvalue weighted by atomic mass is 32.1. The molecule has 0 spiro atoms. The van der Waals surface area contributed by atoms with E-state index < -0.39 is 6.10 Å². The maximum atomic E-state index is 10.1. The minimum Gasteiger partial charge on any atom is -0.494 e. The van der Waals surface area contributed by atoms with Gasteiger partial charge in [0.2, 0.25) is 0 Å². The summed E-state index contributed by atoms with van der Waals surface area (Å²) in [6.07, 6.45) is 2.81. The fourth-order valence-corrected chi connectivity index (χ4v) is 2.30. The number of aliphatic hydroxyl groups excluding tert-OH is 1. The molecule has 0 saturated carbocycles.